The topological polar surface area (TPSA) is 32.5 Å². The van der Waals surface area contributed by atoms with Crippen molar-refractivity contribution >= 4 is 0 Å². The summed E-state index contributed by atoms with van der Waals surface area (Å²) in [5, 5.41) is 0. The summed E-state index contributed by atoms with van der Waals surface area (Å²) >= 11 is 0. The summed E-state index contributed by atoms with van der Waals surface area (Å²) in [5.74, 6) is 0. The van der Waals surface area contributed by atoms with Crippen LogP contribution in [-0.4, -0.2) is 54.6 Å². The van der Waals surface area contributed by atoms with Crippen LogP contribution in [0, 0.1) is 5.41 Å². The maximum atomic E-state index is 6.35. The predicted molar refractivity (Wildman–Crippen MR) is 75.2 cm³/mol. The van der Waals surface area contributed by atoms with Crippen molar-refractivity contribution in [2.24, 2.45) is 11.1 Å². The summed E-state index contributed by atoms with van der Waals surface area (Å²) in [6, 6.07) is 0.801. The second kappa shape index (κ2) is 6.17. The molecule has 3 heteroatoms. The van der Waals surface area contributed by atoms with E-state index in [1.54, 1.807) is 0 Å². The first kappa shape index (κ1) is 14.9. The van der Waals surface area contributed by atoms with Crippen LogP contribution in [0.3, 0.4) is 0 Å². The Morgan fingerprint density at radius 3 is 1.94 bits per heavy atom. The van der Waals surface area contributed by atoms with Gasteiger partial charge in [-0.1, -0.05) is 34.6 Å². The second-order valence-corrected chi connectivity index (χ2v) is 6.35. The molecule has 0 bridgehead atoms. The average molecular weight is 241 g/mol. The summed E-state index contributed by atoms with van der Waals surface area (Å²) in [4.78, 5) is 5.13. The van der Waals surface area contributed by atoms with Gasteiger partial charge in [0.25, 0.3) is 0 Å². The van der Waals surface area contributed by atoms with Crippen molar-refractivity contribution in [3.63, 3.8) is 0 Å². The van der Waals surface area contributed by atoms with Crippen LogP contribution in [0.2, 0.25) is 0 Å². The molecule has 0 aromatic rings. The summed E-state index contributed by atoms with van der Waals surface area (Å²) < 4.78 is 0. The zero-order valence-corrected chi connectivity index (χ0v) is 12.4. The van der Waals surface area contributed by atoms with Gasteiger partial charge in [0.2, 0.25) is 0 Å². The second-order valence-electron chi connectivity index (χ2n) is 6.35. The fourth-order valence-corrected chi connectivity index (χ4v) is 3.04. The number of nitrogens with zero attached hydrogens (tertiary/aromatic N) is 2. The highest BCUT2D eigenvalue weighted by Gasteiger charge is 2.35. The van der Waals surface area contributed by atoms with Gasteiger partial charge in [-0.2, -0.15) is 0 Å². The maximum absolute atomic E-state index is 6.35. The number of piperazine rings is 1. The van der Waals surface area contributed by atoms with Crippen LogP contribution < -0.4 is 5.73 Å². The van der Waals surface area contributed by atoms with Gasteiger partial charge in [-0.05, 0) is 18.4 Å². The Morgan fingerprint density at radius 2 is 1.59 bits per heavy atom. The van der Waals surface area contributed by atoms with Crippen LogP contribution in [0.5, 0.6) is 0 Å². The third kappa shape index (κ3) is 3.94. The zero-order valence-electron chi connectivity index (χ0n) is 12.4. The molecular formula is C14H31N3. The monoisotopic (exact) mass is 241 g/mol. The smallest absolute Gasteiger partial charge is 0.0296 e. The largest absolute Gasteiger partial charge is 0.326 e. The molecular weight excluding hydrogens is 210 g/mol. The molecule has 0 aromatic carbocycles. The predicted octanol–water partition coefficient (Wildman–Crippen LogP) is 1.78. The van der Waals surface area contributed by atoms with Gasteiger partial charge >= 0.3 is 0 Å². The standard InChI is InChI=1S/C14H31N3/c1-6-12(15)13(14(3,4)5)17-10-8-16(7-2)9-11-17/h12-13H,6-11,15H2,1-5H3. The highest BCUT2D eigenvalue weighted by atomic mass is 15.3. The molecule has 0 amide bonds. The summed E-state index contributed by atoms with van der Waals surface area (Å²) in [7, 11) is 0. The normalized spacial score (nSPS) is 23.6. The number of rotatable bonds is 4. The molecule has 2 unspecified atom stereocenters. The molecule has 102 valence electrons. The lowest BCUT2D eigenvalue weighted by Gasteiger charge is -2.47. The van der Waals surface area contributed by atoms with Crippen LogP contribution >= 0.6 is 0 Å². The number of hydrogen-bond acceptors (Lipinski definition) is 3. The average Bonchev–Trinajstić information content (AvgIpc) is 2.28. The van der Waals surface area contributed by atoms with E-state index in [9.17, 15) is 0 Å². The molecule has 1 rings (SSSR count). The Bertz CT molecular complexity index is 214. The van der Waals surface area contributed by atoms with Gasteiger partial charge in [-0.3, -0.25) is 4.90 Å². The molecule has 0 radical (unpaired) electrons. The molecule has 1 heterocycles. The number of likely N-dealkylation sites (N-methyl/N-ethyl adjacent to an activating group) is 1. The fraction of sp³-hybridized carbons (Fsp3) is 1.00. The highest BCUT2D eigenvalue weighted by Crippen LogP contribution is 2.28. The Morgan fingerprint density at radius 1 is 1.06 bits per heavy atom. The minimum absolute atomic E-state index is 0.268. The van der Waals surface area contributed by atoms with E-state index in [1.165, 1.54) is 32.7 Å². The first-order valence-electron chi connectivity index (χ1n) is 7.12. The quantitative estimate of drug-likeness (QED) is 0.814. The van der Waals surface area contributed by atoms with E-state index in [-0.39, 0.29) is 5.41 Å². The van der Waals surface area contributed by atoms with Crippen LogP contribution in [0.1, 0.15) is 41.0 Å². The lowest BCUT2D eigenvalue weighted by Crippen LogP contribution is -2.59. The Labute approximate surface area is 107 Å². The molecule has 0 aliphatic carbocycles. The third-order valence-corrected chi connectivity index (χ3v) is 4.01. The molecule has 2 N–H and O–H groups in total. The summed E-state index contributed by atoms with van der Waals surface area (Å²) in [5.41, 5.74) is 6.61. The minimum Gasteiger partial charge on any atom is -0.326 e. The van der Waals surface area contributed by atoms with E-state index in [4.69, 9.17) is 5.73 Å². The fourth-order valence-electron chi connectivity index (χ4n) is 3.04. The van der Waals surface area contributed by atoms with Gasteiger partial charge in [0, 0.05) is 38.3 Å². The first-order chi connectivity index (χ1) is 7.90. The first-order valence-corrected chi connectivity index (χ1v) is 7.12. The van der Waals surface area contributed by atoms with E-state index in [0.29, 0.717) is 12.1 Å². The van der Waals surface area contributed by atoms with Gasteiger partial charge in [-0.15, -0.1) is 0 Å². The van der Waals surface area contributed by atoms with Crippen molar-refractivity contribution < 1.29 is 0 Å². The molecule has 1 saturated heterocycles. The van der Waals surface area contributed by atoms with Crippen molar-refractivity contribution in [2.45, 2.75) is 53.1 Å². The van der Waals surface area contributed by atoms with Crippen molar-refractivity contribution in [3.05, 3.63) is 0 Å². The van der Waals surface area contributed by atoms with E-state index in [0.717, 1.165) is 6.42 Å². The SMILES string of the molecule is CCC(N)C(N1CCN(CC)CC1)C(C)(C)C. The molecule has 3 nitrogen and oxygen atoms in total. The Kier molecular flexibility index (Phi) is 5.42. The van der Waals surface area contributed by atoms with Gasteiger partial charge in [0.15, 0.2) is 0 Å². The van der Waals surface area contributed by atoms with Crippen molar-refractivity contribution in [3.8, 4) is 0 Å². The summed E-state index contributed by atoms with van der Waals surface area (Å²) in [6.07, 6.45) is 1.07. The molecule has 0 aromatic heterocycles. The van der Waals surface area contributed by atoms with E-state index in [1.807, 2.05) is 0 Å². The molecule has 0 spiro atoms. The van der Waals surface area contributed by atoms with Crippen LogP contribution in [-0.2, 0) is 0 Å². The van der Waals surface area contributed by atoms with Crippen molar-refractivity contribution in [1.29, 1.82) is 0 Å². The van der Waals surface area contributed by atoms with Gasteiger partial charge in [0.05, 0.1) is 0 Å². The highest BCUT2D eigenvalue weighted by molar-refractivity contribution is 4.92. The Balaban J connectivity index is 2.66. The van der Waals surface area contributed by atoms with E-state index >= 15 is 0 Å². The van der Waals surface area contributed by atoms with Gasteiger partial charge in [0.1, 0.15) is 0 Å². The Hall–Kier alpha value is -0.120. The van der Waals surface area contributed by atoms with Crippen LogP contribution in [0.15, 0.2) is 0 Å². The van der Waals surface area contributed by atoms with Crippen molar-refractivity contribution in [1.82, 2.24) is 9.80 Å². The lowest BCUT2D eigenvalue weighted by molar-refractivity contribution is 0.0325. The van der Waals surface area contributed by atoms with Crippen LogP contribution in [0.4, 0.5) is 0 Å². The van der Waals surface area contributed by atoms with E-state index in [2.05, 4.69) is 44.4 Å². The number of hydrogen-bond donors (Lipinski definition) is 1. The third-order valence-electron chi connectivity index (χ3n) is 4.01. The molecule has 1 aliphatic rings. The molecule has 1 aliphatic heterocycles. The molecule has 1 fully saturated rings. The minimum atomic E-state index is 0.268. The van der Waals surface area contributed by atoms with Crippen LogP contribution in [0.25, 0.3) is 0 Å². The molecule has 17 heavy (non-hydrogen) atoms. The van der Waals surface area contributed by atoms with Gasteiger partial charge < -0.3 is 10.6 Å². The van der Waals surface area contributed by atoms with Crippen molar-refractivity contribution in [2.75, 3.05) is 32.7 Å². The number of nitrogens with two attached hydrogens (primary N) is 1. The molecule has 2 atom stereocenters. The van der Waals surface area contributed by atoms with Gasteiger partial charge in [-0.25, -0.2) is 0 Å². The maximum Gasteiger partial charge on any atom is 0.0296 e. The molecule has 0 saturated carbocycles. The summed E-state index contributed by atoms with van der Waals surface area (Å²) in [6.45, 7) is 17.3. The lowest BCUT2D eigenvalue weighted by atomic mass is 9.80. The zero-order chi connectivity index (χ0) is 13.1. The van der Waals surface area contributed by atoms with E-state index < -0.39 is 0 Å².